The Bertz CT molecular complexity index is 1230. The number of hydrogen-bond donors (Lipinski definition) is 0. The van der Waals surface area contributed by atoms with Crippen LogP contribution in [0.3, 0.4) is 0 Å². The van der Waals surface area contributed by atoms with Crippen molar-refractivity contribution in [2.75, 3.05) is 19.8 Å². The van der Waals surface area contributed by atoms with Crippen molar-refractivity contribution in [1.29, 1.82) is 0 Å². The number of fused-ring (bicyclic) bond motifs is 2. The van der Waals surface area contributed by atoms with E-state index in [2.05, 4.69) is 6.92 Å². The van der Waals surface area contributed by atoms with E-state index in [-0.39, 0.29) is 23.2 Å². The largest absolute Gasteiger partial charge is 0.494 e. The predicted octanol–water partition coefficient (Wildman–Crippen LogP) is 6.38. The van der Waals surface area contributed by atoms with Crippen LogP contribution in [0.5, 0.6) is 5.75 Å². The minimum Gasteiger partial charge on any atom is -0.494 e. The summed E-state index contributed by atoms with van der Waals surface area (Å²) in [5.74, 6) is 0.575. The standard InChI is InChI=1S/C28H32ClNO5/c1-4-5-6-15-34-21-11-8-19(9-12-21)25-24-26(31)22-17-20(29)10-13-23(22)35-27(24)28(32)30(25)14-7-16-33-18(2)3/h8-13,17-18,25H,4-7,14-16H2,1-3H3. The zero-order chi connectivity index (χ0) is 24.9. The van der Waals surface area contributed by atoms with Crippen LogP contribution in [0, 0.1) is 0 Å². The molecule has 1 aliphatic rings. The molecule has 0 spiro atoms. The third-order valence-electron chi connectivity index (χ3n) is 6.13. The van der Waals surface area contributed by atoms with Gasteiger partial charge in [0.1, 0.15) is 11.3 Å². The van der Waals surface area contributed by atoms with Gasteiger partial charge in [-0.25, -0.2) is 0 Å². The summed E-state index contributed by atoms with van der Waals surface area (Å²) < 4.78 is 17.5. The first-order chi connectivity index (χ1) is 16.9. The van der Waals surface area contributed by atoms with Gasteiger partial charge in [0.05, 0.1) is 29.7 Å². The van der Waals surface area contributed by atoms with Crippen molar-refractivity contribution in [3.05, 3.63) is 74.6 Å². The van der Waals surface area contributed by atoms with Gasteiger partial charge in [-0.15, -0.1) is 0 Å². The van der Waals surface area contributed by atoms with Crippen LogP contribution in [0.15, 0.2) is 51.7 Å². The molecule has 4 rings (SSSR count). The molecule has 0 radical (unpaired) electrons. The van der Waals surface area contributed by atoms with Crippen molar-refractivity contribution in [1.82, 2.24) is 4.90 Å². The Hall–Kier alpha value is -2.83. The van der Waals surface area contributed by atoms with Gasteiger partial charge in [-0.05, 0) is 62.6 Å². The van der Waals surface area contributed by atoms with E-state index in [1.165, 1.54) is 0 Å². The number of amides is 1. The van der Waals surface area contributed by atoms with Crippen molar-refractivity contribution in [3.8, 4) is 5.75 Å². The zero-order valence-electron chi connectivity index (χ0n) is 20.5. The Morgan fingerprint density at radius 2 is 1.80 bits per heavy atom. The minimum absolute atomic E-state index is 0.0968. The molecule has 3 aromatic rings. The van der Waals surface area contributed by atoms with E-state index in [0.717, 1.165) is 30.6 Å². The smallest absolute Gasteiger partial charge is 0.290 e. The molecule has 1 amide bonds. The lowest BCUT2D eigenvalue weighted by Gasteiger charge is -2.25. The van der Waals surface area contributed by atoms with E-state index < -0.39 is 6.04 Å². The second kappa shape index (κ2) is 11.3. The van der Waals surface area contributed by atoms with Crippen molar-refractivity contribution in [3.63, 3.8) is 0 Å². The molecule has 186 valence electrons. The number of benzene rings is 2. The highest BCUT2D eigenvalue weighted by Gasteiger charge is 2.42. The number of nitrogens with zero attached hydrogens (tertiary/aromatic N) is 1. The van der Waals surface area contributed by atoms with Crippen LogP contribution in [-0.2, 0) is 4.74 Å². The lowest BCUT2D eigenvalue weighted by molar-refractivity contribution is 0.0593. The average molecular weight is 498 g/mol. The molecular formula is C28H32ClNO5. The highest BCUT2D eigenvalue weighted by molar-refractivity contribution is 6.31. The molecule has 0 saturated carbocycles. The number of halogens is 1. The molecule has 0 bridgehead atoms. The van der Waals surface area contributed by atoms with E-state index in [1.54, 1.807) is 23.1 Å². The van der Waals surface area contributed by atoms with Gasteiger partial charge >= 0.3 is 0 Å². The number of carbonyl (C=O) groups excluding carboxylic acids is 1. The fourth-order valence-electron chi connectivity index (χ4n) is 4.41. The molecule has 7 heteroatoms. The Morgan fingerprint density at radius 3 is 2.51 bits per heavy atom. The Morgan fingerprint density at radius 1 is 1.03 bits per heavy atom. The van der Waals surface area contributed by atoms with Gasteiger partial charge in [0.2, 0.25) is 5.76 Å². The molecule has 35 heavy (non-hydrogen) atoms. The third-order valence-corrected chi connectivity index (χ3v) is 6.37. The molecule has 0 aliphatic carbocycles. The van der Waals surface area contributed by atoms with Gasteiger partial charge in [0.15, 0.2) is 5.43 Å². The van der Waals surface area contributed by atoms with E-state index >= 15 is 0 Å². The monoisotopic (exact) mass is 497 g/mol. The van der Waals surface area contributed by atoms with Crippen LogP contribution in [0.4, 0.5) is 0 Å². The van der Waals surface area contributed by atoms with Gasteiger partial charge in [-0.3, -0.25) is 9.59 Å². The molecule has 0 fully saturated rings. The van der Waals surface area contributed by atoms with Crippen LogP contribution in [0.1, 0.15) is 74.2 Å². The normalized spacial score (nSPS) is 15.3. The second-order valence-electron chi connectivity index (χ2n) is 9.11. The number of carbonyl (C=O) groups is 1. The molecule has 0 N–H and O–H groups in total. The number of hydrogen-bond acceptors (Lipinski definition) is 5. The lowest BCUT2D eigenvalue weighted by Crippen LogP contribution is -2.31. The topological polar surface area (TPSA) is 69.0 Å². The van der Waals surface area contributed by atoms with E-state index in [9.17, 15) is 9.59 Å². The molecule has 1 aromatic heterocycles. The molecular weight excluding hydrogens is 466 g/mol. The first-order valence-corrected chi connectivity index (χ1v) is 12.7. The maximum absolute atomic E-state index is 13.6. The first-order valence-electron chi connectivity index (χ1n) is 12.3. The Labute approximate surface area is 210 Å². The summed E-state index contributed by atoms with van der Waals surface area (Å²) in [7, 11) is 0. The van der Waals surface area contributed by atoms with Crippen LogP contribution in [-0.4, -0.2) is 36.7 Å². The van der Waals surface area contributed by atoms with Gasteiger partial charge in [0, 0.05) is 18.2 Å². The van der Waals surface area contributed by atoms with E-state index in [4.69, 9.17) is 25.5 Å². The summed E-state index contributed by atoms with van der Waals surface area (Å²) in [5, 5.41) is 0.813. The molecule has 1 aliphatic heterocycles. The van der Waals surface area contributed by atoms with Gasteiger partial charge in [0.25, 0.3) is 5.91 Å². The summed E-state index contributed by atoms with van der Waals surface area (Å²) in [5.41, 5.74) is 1.30. The van der Waals surface area contributed by atoms with Gasteiger partial charge < -0.3 is 18.8 Å². The van der Waals surface area contributed by atoms with Crippen molar-refractivity contribution in [2.45, 2.75) is 58.6 Å². The van der Waals surface area contributed by atoms with Crippen molar-refractivity contribution < 1.29 is 18.7 Å². The van der Waals surface area contributed by atoms with Crippen LogP contribution in [0.25, 0.3) is 11.0 Å². The highest BCUT2D eigenvalue weighted by atomic mass is 35.5. The van der Waals surface area contributed by atoms with Crippen LogP contribution < -0.4 is 10.2 Å². The molecule has 6 nitrogen and oxygen atoms in total. The fraction of sp³-hybridized carbons (Fsp3) is 0.429. The molecule has 2 aromatic carbocycles. The molecule has 1 unspecified atom stereocenters. The summed E-state index contributed by atoms with van der Waals surface area (Å²) in [6.07, 6.45) is 4.03. The number of ether oxygens (including phenoxy) is 2. The van der Waals surface area contributed by atoms with E-state index in [0.29, 0.717) is 47.7 Å². The van der Waals surface area contributed by atoms with E-state index in [1.807, 2.05) is 38.1 Å². The fourth-order valence-corrected chi connectivity index (χ4v) is 4.58. The number of unbranched alkanes of at least 4 members (excludes halogenated alkanes) is 2. The van der Waals surface area contributed by atoms with Gasteiger partial charge in [-0.1, -0.05) is 43.5 Å². The molecule has 0 saturated heterocycles. The summed E-state index contributed by atoms with van der Waals surface area (Å²) in [4.78, 5) is 28.7. The SMILES string of the molecule is CCCCCOc1ccc(C2c3c(oc4ccc(Cl)cc4c3=O)C(=O)N2CCCOC(C)C)cc1. The lowest BCUT2D eigenvalue weighted by atomic mass is 9.98. The van der Waals surface area contributed by atoms with Crippen LogP contribution in [0.2, 0.25) is 5.02 Å². The number of rotatable bonds is 11. The van der Waals surface area contributed by atoms with Crippen molar-refractivity contribution in [2.24, 2.45) is 0 Å². The maximum Gasteiger partial charge on any atom is 0.290 e. The quantitative estimate of drug-likeness (QED) is 0.288. The highest BCUT2D eigenvalue weighted by Crippen LogP contribution is 2.39. The summed E-state index contributed by atoms with van der Waals surface area (Å²) >= 11 is 6.16. The predicted molar refractivity (Wildman–Crippen MR) is 138 cm³/mol. The zero-order valence-corrected chi connectivity index (χ0v) is 21.3. The minimum atomic E-state index is -0.551. The molecule has 2 heterocycles. The Kier molecular flexibility index (Phi) is 8.14. The van der Waals surface area contributed by atoms with Gasteiger partial charge in [-0.2, -0.15) is 0 Å². The van der Waals surface area contributed by atoms with Crippen molar-refractivity contribution >= 4 is 28.5 Å². The Balaban J connectivity index is 1.69. The van der Waals surface area contributed by atoms with Crippen LogP contribution >= 0.6 is 11.6 Å². The summed E-state index contributed by atoms with van der Waals surface area (Å²) in [6, 6.07) is 11.9. The average Bonchev–Trinajstić information content (AvgIpc) is 3.12. The molecule has 1 atom stereocenters. The summed E-state index contributed by atoms with van der Waals surface area (Å²) in [6.45, 7) is 7.73. The second-order valence-corrected chi connectivity index (χ2v) is 9.55. The first kappa shape index (κ1) is 25.3. The maximum atomic E-state index is 13.6. The third kappa shape index (κ3) is 5.54.